The summed E-state index contributed by atoms with van der Waals surface area (Å²) in [6.45, 7) is 2.37. The van der Waals surface area contributed by atoms with Crippen molar-refractivity contribution < 1.29 is 8.91 Å². The predicted octanol–water partition coefficient (Wildman–Crippen LogP) is 2.43. The van der Waals surface area contributed by atoms with E-state index in [1.165, 1.54) is 12.1 Å². The third kappa shape index (κ3) is 2.37. The lowest BCUT2D eigenvalue weighted by molar-refractivity contribution is 0.370. The molecule has 96 valence electrons. The Morgan fingerprint density at radius 3 is 2.74 bits per heavy atom. The van der Waals surface area contributed by atoms with Gasteiger partial charge in [-0.25, -0.2) is 9.37 Å². The molecule has 0 bridgehead atoms. The zero-order chi connectivity index (χ0) is 13.2. The fraction of sp³-hybridized carbons (Fsp3) is 0.154. The van der Waals surface area contributed by atoms with Crippen LogP contribution in [0.25, 0.3) is 11.4 Å². The van der Waals surface area contributed by atoms with E-state index < -0.39 is 0 Å². The minimum atomic E-state index is -0.290. The van der Waals surface area contributed by atoms with E-state index in [4.69, 9.17) is 4.52 Å². The summed E-state index contributed by atoms with van der Waals surface area (Å²) < 4.78 is 19.9. The number of aryl methyl sites for hydroxylation is 1. The van der Waals surface area contributed by atoms with Crippen molar-refractivity contribution in [1.82, 2.24) is 19.7 Å². The van der Waals surface area contributed by atoms with Gasteiger partial charge in [0.25, 0.3) is 0 Å². The van der Waals surface area contributed by atoms with E-state index in [1.54, 1.807) is 18.3 Å². The zero-order valence-corrected chi connectivity index (χ0v) is 10.2. The van der Waals surface area contributed by atoms with Gasteiger partial charge in [-0.05, 0) is 31.2 Å². The molecule has 0 aliphatic rings. The summed E-state index contributed by atoms with van der Waals surface area (Å²) >= 11 is 0. The second-order valence-corrected chi connectivity index (χ2v) is 4.12. The lowest BCUT2D eigenvalue weighted by atomic mass is 10.2. The van der Waals surface area contributed by atoms with Crippen molar-refractivity contribution in [3.8, 4) is 11.4 Å². The molecule has 2 heterocycles. The highest BCUT2D eigenvalue weighted by atomic mass is 19.1. The van der Waals surface area contributed by atoms with Gasteiger partial charge in [-0.2, -0.15) is 4.98 Å². The number of halogens is 1. The van der Waals surface area contributed by atoms with Crippen LogP contribution in [-0.4, -0.2) is 19.7 Å². The van der Waals surface area contributed by atoms with Gasteiger partial charge in [0, 0.05) is 18.0 Å². The average molecular weight is 258 g/mol. The summed E-state index contributed by atoms with van der Waals surface area (Å²) in [6.07, 6.45) is 3.56. The van der Waals surface area contributed by atoms with Crippen LogP contribution in [-0.2, 0) is 6.54 Å². The number of imidazole rings is 1. The maximum Gasteiger partial charge on any atom is 0.246 e. The highest BCUT2D eigenvalue weighted by Crippen LogP contribution is 2.16. The molecule has 5 nitrogen and oxygen atoms in total. The Bertz CT molecular complexity index is 687. The van der Waals surface area contributed by atoms with E-state index >= 15 is 0 Å². The molecule has 0 saturated heterocycles. The molecule has 0 amide bonds. The average Bonchev–Trinajstić information content (AvgIpc) is 3.01. The molecular weight excluding hydrogens is 247 g/mol. The maximum atomic E-state index is 12.8. The fourth-order valence-electron chi connectivity index (χ4n) is 1.75. The topological polar surface area (TPSA) is 56.7 Å². The maximum absolute atomic E-state index is 12.8. The van der Waals surface area contributed by atoms with Gasteiger partial charge in [-0.3, -0.25) is 0 Å². The van der Waals surface area contributed by atoms with Crippen LogP contribution >= 0.6 is 0 Å². The van der Waals surface area contributed by atoms with E-state index in [0.717, 1.165) is 11.4 Å². The highest BCUT2D eigenvalue weighted by Gasteiger charge is 2.09. The van der Waals surface area contributed by atoms with Crippen LogP contribution in [0.15, 0.2) is 41.2 Å². The van der Waals surface area contributed by atoms with E-state index in [-0.39, 0.29) is 5.82 Å². The number of hydrogen-bond donors (Lipinski definition) is 0. The van der Waals surface area contributed by atoms with Crippen molar-refractivity contribution in [2.45, 2.75) is 13.5 Å². The van der Waals surface area contributed by atoms with Crippen molar-refractivity contribution in [1.29, 1.82) is 0 Å². The lowest BCUT2D eigenvalue weighted by Gasteiger charge is -1.98. The number of nitrogens with zero attached hydrogens (tertiary/aromatic N) is 4. The first-order valence-corrected chi connectivity index (χ1v) is 5.78. The quantitative estimate of drug-likeness (QED) is 0.724. The lowest BCUT2D eigenvalue weighted by Crippen LogP contribution is -2.00. The van der Waals surface area contributed by atoms with Crippen LogP contribution in [0.5, 0.6) is 0 Å². The number of hydrogen-bond acceptors (Lipinski definition) is 4. The van der Waals surface area contributed by atoms with Crippen molar-refractivity contribution in [2.24, 2.45) is 0 Å². The Labute approximate surface area is 108 Å². The molecule has 0 unspecified atom stereocenters. The molecule has 3 aromatic rings. The van der Waals surface area contributed by atoms with Crippen LogP contribution in [0.3, 0.4) is 0 Å². The summed E-state index contributed by atoms with van der Waals surface area (Å²) in [5.41, 5.74) is 0.721. The normalized spacial score (nSPS) is 10.8. The first-order chi connectivity index (χ1) is 9.22. The molecule has 0 aliphatic heterocycles. The Hall–Kier alpha value is -2.50. The van der Waals surface area contributed by atoms with Crippen LogP contribution < -0.4 is 0 Å². The first kappa shape index (κ1) is 11.6. The van der Waals surface area contributed by atoms with E-state index in [2.05, 4.69) is 15.1 Å². The molecule has 19 heavy (non-hydrogen) atoms. The molecule has 0 radical (unpaired) electrons. The third-order valence-corrected chi connectivity index (χ3v) is 2.80. The monoisotopic (exact) mass is 258 g/mol. The second-order valence-electron chi connectivity index (χ2n) is 4.12. The van der Waals surface area contributed by atoms with Crippen molar-refractivity contribution in [3.05, 3.63) is 54.2 Å². The molecule has 3 rings (SSSR count). The molecule has 2 aromatic heterocycles. The van der Waals surface area contributed by atoms with Crippen molar-refractivity contribution >= 4 is 0 Å². The summed E-state index contributed by atoms with van der Waals surface area (Å²) in [6, 6.07) is 5.97. The standard InChI is InChI=1S/C13H11FN4O/c1-9-15-6-7-18(9)8-12-16-13(17-19-12)10-2-4-11(14)5-3-10/h2-7H,8H2,1H3. The fourth-order valence-corrected chi connectivity index (χ4v) is 1.75. The Morgan fingerprint density at radius 2 is 2.05 bits per heavy atom. The van der Waals surface area contributed by atoms with Gasteiger partial charge in [0.1, 0.15) is 18.2 Å². The molecule has 0 saturated carbocycles. The molecular formula is C13H11FN4O. The third-order valence-electron chi connectivity index (χ3n) is 2.80. The predicted molar refractivity (Wildman–Crippen MR) is 65.8 cm³/mol. The summed E-state index contributed by atoms with van der Waals surface area (Å²) in [4.78, 5) is 8.40. The Balaban J connectivity index is 1.83. The molecule has 0 N–H and O–H groups in total. The number of aromatic nitrogens is 4. The molecule has 0 aliphatic carbocycles. The highest BCUT2D eigenvalue weighted by molar-refractivity contribution is 5.53. The van der Waals surface area contributed by atoms with Crippen molar-refractivity contribution in [3.63, 3.8) is 0 Å². The van der Waals surface area contributed by atoms with E-state index in [9.17, 15) is 4.39 Å². The van der Waals surface area contributed by atoms with Crippen LogP contribution in [0.4, 0.5) is 4.39 Å². The Morgan fingerprint density at radius 1 is 1.26 bits per heavy atom. The van der Waals surface area contributed by atoms with Gasteiger partial charge in [0.2, 0.25) is 11.7 Å². The largest absolute Gasteiger partial charge is 0.337 e. The molecule has 6 heteroatoms. The summed E-state index contributed by atoms with van der Waals surface area (Å²) in [5.74, 6) is 1.52. The smallest absolute Gasteiger partial charge is 0.246 e. The minimum Gasteiger partial charge on any atom is -0.337 e. The van der Waals surface area contributed by atoms with Gasteiger partial charge >= 0.3 is 0 Å². The number of benzene rings is 1. The van der Waals surface area contributed by atoms with E-state index in [1.807, 2.05) is 17.7 Å². The van der Waals surface area contributed by atoms with Crippen LogP contribution in [0.1, 0.15) is 11.7 Å². The summed E-state index contributed by atoms with van der Waals surface area (Å²) in [7, 11) is 0. The molecule has 1 aromatic carbocycles. The van der Waals surface area contributed by atoms with Crippen molar-refractivity contribution in [2.75, 3.05) is 0 Å². The SMILES string of the molecule is Cc1nccn1Cc1nc(-c2ccc(F)cc2)no1. The van der Waals surface area contributed by atoms with Gasteiger partial charge in [0.15, 0.2) is 0 Å². The number of rotatable bonds is 3. The van der Waals surface area contributed by atoms with E-state index in [0.29, 0.717) is 18.3 Å². The molecule has 0 atom stereocenters. The molecule has 0 spiro atoms. The van der Waals surface area contributed by atoms with Crippen LogP contribution in [0, 0.1) is 12.7 Å². The Kier molecular flexibility index (Phi) is 2.83. The minimum absolute atomic E-state index is 0.290. The summed E-state index contributed by atoms with van der Waals surface area (Å²) in [5, 5.41) is 3.88. The van der Waals surface area contributed by atoms with Gasteiger partial charge in [-0.1, -0.05) is 5.16 Å². The van der Waals surface area contributed by atoms with Gasteiger partial charge < -0.3 is 9.09 Å². The zero-order valence-electron chi connectivity index (χ0n) is 10.2. The molecule has 0 fully saturated rings. The van der Waals surface area contributed by atoms with Gasteiger partial charge in [0.05, 0.1) is 0 Å². The van der Waals surface area contributed by atoms with Crippen LogP contribution in [0.2, 0.25) is 0 Å². The first-order valence-electron chi connectivity index (χ1n) is 5.78. The second kappa shape index (κ2) is 4.64. The van der Waals surface area contributed by atoms with Gasteiger partial charge in [-0.15, -0.1) is 0 Å².